The fourth-order valence-corrected chi connectivity index (χ4v) is 4.06. The van der Waals surface area contributed by atoms with Gasteiger partial charge in [0.2, 0.25) is 0 Å². The van der Waals surface area contributed by atoms with Gasteiger partial charge < -0.3 is 20.5 Å². The maximum atomic E-state index is 12.1. The van der Waals surface area contributed by atoms with Gasteiger partial charge in [0.25, 0.3) is 5.91 Å². The molecule has 31 heavy (non-hydrogen) atoms. The third kappa shape index (κ3) is 4.10. The lowest BCUT2D eigenvalue weighted by Crippen LogP contribution is -2.58. The van der Waals surface area contributed by atoms with E-state index in [-0.39, 0.29) is 19.1 Å². The Morgan fingerprint density at radius 3 is 2.19 bits per heavy atom. The highest BCUT2D eigenvalue weighted by Gasteiger charge is 2.45. The molecule has 158 valence electrons. The van der Waals surface area contributed by atoms with Crippen molar-refractivity contribution in [2.24, 2.45) is 0 Å². The lowest BCUT2D eigenvalue weighted by atomic mass is 9.77. The van der Waals surface area contributed by atoms with Crippen LogP contribution < -0.4 is 10.6 Å². The molecule has 1 saturated carbocycles. The molecule has 1 fully saturated rings. The number of nitrogens with one attached hydrogen (secondary N) is 2. The van der Waals surface area contributed by atoms with Crippen molar-refractivity contribution in [2.75, 3.05) is 13.2 Å². The Hall–Kier alpha value is -3.79. The number of carboxylic acid groups (broad SMARTS) is 1. The van der Waals surface area contributed by atoms with Crippen molar-refractivity contribution in [1.29, 1.82) is 0 Å². The van der Waals surface area contributed by atoms with Crippen molar-refractivity contribution in [1.82, 2.24) is 10.6 Å². The molecule has 7 nitrogen and oxygen atoms in total. The second-order valence-corrected chi connectivity index (χ2v) is 7.68. The number of hydrogen-bond donors (Lipinski definition) is 3. The standard InChI is InChI=1S/C24H22N2O5/c27-21(26-24(22(28)29)12-6-13-24)11-5-14-25-23(30)31-15-20-18-9-3-1-7-16(18)17-8-2-4-10-19(17)20/h1-4,7-10,20H,6,12-15H2,(H,25,30)(H,26,27)(H,28,29). The molecule has 3 N–H and O–H groups in total. The average molecular weight is 418 g/mol. The Balaban J connectivity index is 1.28. The zero-order chi connectivity index (χ0) is 21.8. The summed E-state index contributed by atoms with van der Waals surface area (Å²) in [5.74, 6) is 3.07. The van der Waals surface area contributed by atoms with E-state index < -0.39 is 23.5 Å². The predicted octanol–water partition coefficient (Wildman–Crippen LogP) is 2.65. The van der Waals surface area contributed by atoms with E-state index in [0.717, 1.165) is 28.7 Å². The summed E-state index contributed by atoms with van der Waals surface area (Å²) < 4.78 is 5.39. The number of alkyl carbamates (subject to hydrolysis) is 1. The number of benzene rings is 2. The molecule has 7 heteroatoms. The molecule has 2 aliphatic carbocycles. The summed E-state index contributed by atoms with van der Waals surface area (Å²) in [6, 6.07) is 16.1. The zero-order valence-corrected chi connectivity index (χ0v) is 16.8. The Kier molecular flexibility index (Phi) is 5.63. The number of ether oxygens (including phenoxy) is 1. The third-order valence-corrected chi connectivity index (χ3v) is 5.84. The highest BCUT2D eigenvalue weighted by Crippen LogP contribution is 2.44. The first-order valence-electron chi connectivity index (χ1n) is 10.1. The predicted molar refractivity (Wildman–Crippen MR) is 113 cm³/mol. The molecule has 0 bridgehead atoms. The summed E-state index contributed by atoms with van der Waals surface area (Å²) in [5.41, 5.74) is 3.34. The molecule has 0 radical (unpaired) electrons. The number of carbonyl (C=O) groups is 3. The summed E-state index contributed by atoms with van der Waals surface area (Å²) in [7, 11) is 0. The number of fused-ring (bicyclic) bond motifs is 3. The van der Waals surface area contributed by atoms with E-state index in [1.807, 2.05) is 36.4 Å². The highest BCUT2D eigenvalue weighted by molar-refractivity contribution is 5.97. The molecule has 2 amide bonds. The van der Waals surface area contributed by atoms with Crippen molar-refractivity contribution < 1.29 is 24.2 Å². The van der Waals surface area contributed by atoms with E-state index in [1.54, 1.807) is 0 Å². The minimum atomic E-state index is -1.20. The molecule has 0 unspecified atom stereocenters. The largest absolute Gasteiger partial charge is 0.480 e. The van der Waals surface area contributed by atoms with Gasteiger partial charge in [-0.1, -0.05) is 54.5 Å². The SMILES string of the molecule is O=C(C#CCNC(=O)OCC1c2ccccc2-c2ccccc21)NC1(C(=O)O)CCC1. The van der Waals surface area contributed by atoms with Gasteiger partial charge in [-0.05, 0) is 47.4 Å². The van der Waals surface area contributed by atoms with Gasteiger partial charge in [-0.2, -0.15) is 0 Å². The van der Waals surface area contributed by atoms with Gasteiger partial charge in [0.05, 0.1) is 6.54 Å². The van der Waals surface area contributed by atoms with Gasteiger partial charge >= 0.3 is 12.1 Å². The molecule has 0 atom stereocenters. The summed E-state index contributed by atoms with van der Waals surface area (Å²) in [5, 5.41) is 14.1. The van der Waals surface area contributed by atoms with Crippen molar-refractivity contribution in [2.45, 2.75) is 30.7 Å². The smallest absolute Gasteiger partial charge is 0.407 e. The quantitative estimate of drug-likeness (QED) is 0.648. The van der Waals surface area contributed by atoms with Crippen LogP contribution in [0.2, 0.25) is 0 Å². The number of aliphatic carboxylic acids is 1. The number of hydrogen-bond acceptors (Lipinski definition) is 4. The normalized spacial score (nSPS) is 15.4. The highest BCUT2D eigenvalue weighted by atomic mass is 16.5. The van der Waals surface area contributed by atoms with Crippen LogP contribution in [0.15, 0.2) is 48.5 Å². The fourth-order valence-electron chi connectivity index (χ4n) is 4.06. The maximum absolute atomic E-state index is 12.1. The van der Waals surface area contributed by atoms with Crippen molar-refractivity contribution in [3.8, 4) is 23.0 Å². The van der Waals surface area contributed by atoms with E-state index in [4.69, 9.17) is 4.74 Å². The zero-order valence-electron chi connectivity index (χ0n) is 16.8. The van der Waals surface area contributed by atoms with Crippen LogP contribution in [0.3, 0.4) is 0 Å². The van der Waals surface area contributed by atoms with Gasteiger partial charge in [-0.3, -0.25) is 4.79 Å². The summed E-state index contributed by atoms with van der Waals surface area (Å²) in [6.07, 6.45) is 0.919. The Morgan fingerprint density at radius 1 is 1.03 bits per heavy atom. The monoisotopic (exact) mass is 418 g/mol. The van der Waals surface area contributed by atoms with Crippen LogP contribution in [0.5, 0.6) is 0 Å². The Bertz CT molecular complexity index is 1050. The molecule has 0 spiro atoms. The van der Waals surface area contributed by atoms with Crippen molar-refractivity contribution >= 4 is 18.0 Å². The van der Waals surface area contributed by atoms with Gasteiger partial charge in [0.1, 0.15) is 12.1 Å². The van der Waals surface area contributed by atoms with Crippen LogP contribution in [-0.2, 0) is 14.3 Å². The lowest BCUT2D eigenvalue weighted by Gasteiger charge is -2.37. The van der Waals surface area contributed by atoms with Gasteiger partial charge in [0.15, 0.2) is 0 Å². The van der Waals surface area contributed by atoms with E-state index in [1.165, 1.54) is 0 Å². The van der Waals surface area contributed by atoms with Gasteiger partial charge in [-0.15, -0.1) is 0 Å². The van der Waals surface area contributed by atoms with Gasteiger partial charge in [0, 0.05) is 5.92 Å². The van der Waals surface area contributed by atoms with E-state index in [9.17, 15) is 19.5 Å². The fraction of sp³-hybridized carbons (Fsp3) is 0.292. The molecule has 2 aliphatic rings. The van der Waals surface area contributed by atoms with Crippen LogP contribution in [0.4, 0.5) is 4.79 Å². The Labute approximate surface area is 179 Å². The minimum absolute atomic E-state index is 0.0373. The average Bonchev–Trinajstić information content (AvgIpc) is 3.06. The van der Waals surface area contributed by atoms with Crippen LogP contribution in [0.1, 0.15) is 36.3 Å². The molecular weight excluding hydrogens is 396 g/mol. The first-order valence-corrected chi connectivity index (χ1v) is 10.1. The summed E-state index contributed by atoms with van der Waals surface area (Å²) >= 11 is 0. The lowest BCUT2D eigenvalue weighted by molar-refractivity contribution is -0.150. The van der Waals surface area contributed by atoms with E-state index >= 15 is 0 Å². The first-order chi connectivity index (χ1) is 15.0. The molecule has 0 saturated heterocycles. The van der Waals surface area contributed by atoms with Crippen LogP contribution in [-0.4, -0.2) is 41.8 Å². The second-order valence-electron chi connectivity index (χ2n) is 7.68. The first kappa shape index (κ1) is 20.5. The number of amides is 2. The molecule has 2 aromatic carbocycles. The van der Waals surface area contributed by atoms with Crippen molar-refractivity contribution in [3.63, 3.8) is 0 Å². The molecule has 0 aromatic heterocycles. The second kappa shape index (κ2) is 8.52. The topological polar surface area (TPSA) is 105 Å². The van der Waals surface area contributed by atoms with Crippen LogP contribution in [0, 0.1) is 11.8 Å². The van der Waals surface area contributed by atoms with Crippen LogP contribution in [0.25, 0.3) is 11.1 Å². The molecule has 0 aliphatic heterocycles. The maximum Gasteiger partial charge on any atom is 0.407 e. The van der Waals surface area contributed by atoms with Crippen LogP contribution >= 0.6 is 0 Å². The number of carbonyl (C=O) groups excluding carboxylic acids is 2. The molecule has 2 aromatic rings. The molecule has 0 heterocycles. The van der Waals surface area contributed by atoms with E-state index in [2.05, 4.69) is 34.6 Å². The third-order valence-electron chi connectivity index (χ3n) is 5.84. The van der Waals surface area contributed by atoms with E-state index in [0.29, 0.717) is 12.8 Å². The molecular formula is C24H22N2O5. The van der Waals surface area contributed by atoms with Crippen molar-refractivity contribution in [3.05, 3.63) is 59.7 Å². The minimum Gasteiger partial charge on any atom is -0.480 e. The van der Waals surface area contributed by atoms with Gasteiger partial charge in [-0.25, -0.2) is 9.59 Å². The Morgan fingerprint density at radius 2 is 1.65 bits per heavy atom. The number of carboxylic acids is 1. The summed E-state index contributed by atoms with van der Waals surface area (Å²) in [4.78, 5) is 35.2. The number of rotatable bonds is 5. The molecule has 4 rings (SSSR count). The summed E-state index contributed by atoms with van der Waals surface area (Å²) in [6.45, 7) is 0.110.